The highest BCUT2D eigenvalue weighted by molar-refractivity contribution is 5.57. The number of hydrogen-bond donors (Lipinski definition) is 1. The van der Waals surface area contributed by atoms with Crippen LogP contribution in [0.15, 0.2) is 35.1 Å². The minimum atomic E-state index is 0.170. The summed E-state index contributed by atoms with van der Waals surface area (Å²) in [6.07, 6.45) is 4.87. The van der Waals surface area contributed by atoms with E-state index >= 15 is 0 Å². The van der Waals surface area contributed by atoms with Gasteiger partial charge in [-0.3, -0.25) is 4.98 Å². The van der Waals surface area contributed by atoms with E-state index in [-0.39, 0.29) is 6.61 Å². The minimum absolute atomic E-state index is 0.170. The first-order valence-electron chi connectivity index (χ1n) is 4.87. The second kappa shape index (κ2) is 4.70. The Bertz CT molecular complexity index is 412. The van der Waals surface area contributed by atoms with Gasteiger partial charge in [0.2, 0.25) is 0 Å². The molecule has 78 valence electrons. The first kappa shape index (κ1) is 9.86. The molecule has 1 N–H and O–H groups in total. The largest absolute Gasteiger partial charge is 0.396 e. The zero-order valence-electron chi connectivity index (χ0n) is 8.26. The van der Waals surface area contributed by atoms with Crippen molar-refractivity contribution in [2.45, 2.75) is 12.8 Å². The van der Waals surface area contributed by atoms with Gasteiger partial charge in [-0.25, -0.2) is 0 Å². The van der Waals surface area contributed by atoms with Crippen molar-refractivity contribution in [3.8, 4) is 11.3 Å². The molecule has 0 radical (unpaired) electrons. The van der Waals surface area contributed by atoms with Crippen LogP contribution in [0.2, 0.25) is 0 Å². The molecular weight excluding hydrogens is 192 g/mol. The van der Waals surface area contributed by atoms with Crippen molar-refractivity contribution in [2.75, 3.05) is 6.61 Å². The Morgan fingerprint density at radius 1 is 1.40 bits per heavy atom. The average molecular weight is 204 g/mol. The van der Waals surface area contributed by atoms with E-state index in [4.69, 9.17) is 9.63 Å². The Morgan fingerprint density at radius 3 is 3.07 bits per heavy atom. The maximum atomic E-state index is 8.68. The molecule has 0 spiro atoms. The van der Waals surface area contributed by atoms with Crippen LogP contribution < -0.4 is 0 Å². The Labute approximate surface area is 87.6 Å². The van der Waals surface area contributed by atoms with Crippen molar-refractivity contribution in [1.29, 1.82) is 0 Å². The summed E-state index contributed by atoms with van der Waals surface area (Å²) in [5.74, 6) is 0.794. The van der Waals surface area contributed by atoms with Crippen molar-refractivity contribution in [3.63, 3.8) is 0 Å². The number of aliphatic hydroxyl groups is 1. The molecule has 0 saturated heterocycles. The molecule has 2 aromatic heterocycles. The number of pyridine rings is 1. The molecule has 2 heterocycles. The van der Waals surface area contributed by atoms with Crippen molar-refractivity contribution in [3.05, 3.63) is 36.4 Å². The van der Waals surface area contributed by atoms with Crippen LogP contribution in [0.25, 0.3) is 11.3 Å². The Morgan fingerprint density at radius 2 is 2.33 bits per heavy atom. The van der Waals surface area contributed by atoms with Gasteiger partial charge in [0.1, 0.15) is 11.5 Å². The van der Waals surface area contributed by atoms with Gasteiger partial charge in [-0.15, -0.1) is 0 Å². The second-order valence-electron chi connectivity index (χ2n) is 3.25. The minimum Gasteiger partial charge on any atom is -0.396 e. The highest BCUT2D eigenvalue weighted by Crippen LogP contribution is 2.18. The molecular formula is C11H12N2O2. The van der Waals surface area contributed by atoms with E-state index in [9.17, 15) is 0 Å². The highest BCUT2D eigenvalue weighted by Gasteiger charge is 2.05. The third-order valence-corrected chi connectivity index (χ3v) is 2.10. The SMILES string of the molecule is OCCCc1cc(-c2cccnc2)no1. The number of aliphatic hydroxyl groups excluding tert-OH is 1. The quantitative estimate of drug-likeness (QED) is 0.822. The standard InChI is InChI=1S/C11H12N2O2/c14-6-2-4-10-7-11(13-15-10)9-3-1-5-12-8-9/h1,3,5,7-8,14H,2,4,6H2. The van der Waals surface area contributed by atoms with Gasteiger partial charge in [-0.05, 0) is 18.6 Å². The van der Waals surface area contributed by atoms with E-state index in [1.54, 1.807) is 12.4 Å². The molecule has 0 unspecified atom stereocenters. The van der Waals surface area contributed by atoms with Crippen molar-refractivity contribution in [1.82, 2.24) is 10.1 Å². The van der Waals surface area contributed by atoms with Gasteiger partial charge in [-0.2, -0.15) is 0 Å². The number of nitrogens with zero attached hydrogens (tertiary/aromatic N) is 2. The summed E-state index contributed by atoms with van der Waals surface area (Å²) in [6.45, 7) is 0.170. The maximum Gasteiger partial charge on any atom is 0.137 e. The summed E-state index contributed by atoms with van der Waals surface area (Å²) in [5, 5.41) is 12.6. The topological polar surface area (TPSA) is 59.2 Å². The van der Waals surface area contributed by atoms with Crippen LogP contribution in [0, 0.1) is 0 Å². The zero-order valence-corrected chi connectivity index (χ0v) is 8.26. The van der Waals surface area contributed by atoms with Crippen molar-refractivity contribution in [2.24, 2.45) is 0 Å². The van der Waals surface area contributed by atoms with E-state index < -0.39 is 0 Å². The molecule has 4 nitrogen and oxygen atoms in total. The predicted octanol–water partition coefficient (Wildman–Crippen LogP) is 1.66. The molecule has 0 aromatic carbocycles. The van der Waals surface area contributed by atoms with Gasteiger partial charge in [0, 0.05) is 37.1 Å². The Balaban J connectivity index is 2.14. The van der Waals surface area contributed by atoms with Gasteiger partial charge in [0.25, 0.3) is 0 Å². The Hall–Kier alpha value is -1.68. The lowest BCUT2D eigenvalue weighted by molar-refractivity contribution is 0.280. The molecule has 0 saturated carbocycles. The summed E-state index contributed by atoms with van der Waals surface area (Å²) < 4.78 is 5.13. The smallest absolute Gasteiger partial charge is 0.137 e. The van der Waals surface area contributed by atoms with E-state index in [1.165, 1.54) is 0 Å². The predicted molar refractivity (Wildman–Crippen MR) is 55.1 cm³/mol. The Kier molecular flexibility index (Phi) is 3.09. The van der Waals surface area contributed by atoms with Crippen LogP contribution in [0.1, 0.15) is 12.2 Å². The number of aryl methyl sites for hydroxylation is 1. The van der Waals surface area contributed by atoms with Crippen LogP contribution in [0.3, 0.4) is 0 Å². The van der Waals surface area contributed by atoms with E-state index in [2.05, 4.69) is 10.1 Å². The molecule has 2 aromatic rings. The van der Waals surface area contributed by atoms with E-state index in [1.807, 2.05) is 18.2 Å². The molecule has 0 aliphatic rings. The molecule has 2 rings (SSSR count). The third kappa shape index (κ3) is 2.41. The van der Waals surface area contributed by atoms with Gasteiger partial charge in [-0.1, -0.05) is 5.16 Å². The molecule has 0 aliphatic heterocycles. The lowest BCUT2D eigenvalue weighted by Gasteiger charge is -1.91. The molecule has 0 fully saturated rings. The fourth-order valence-corrected chi connectivity index (χ4v) is 1.33. The fourth-order valence-electron chi connectivity index (χ4n) is 1.33. The van der Waals surface area contributed by atoms with Crippen LogP contribution in [-0.4, -0.2) is 21.9 Å². The van der Waals surface area contributed by atoms with Crippen LogP contribution in [0.4, 0.5) is 0 Å². The van der Waals surface area contributed by atoms with Crippen molar-refractivity contribution >= 4 is 0 Å². The second-order valence-corrected chi connectivity index (χ2v) is 3.25. The molecule has 15 heavy (non-hydrogen) atoms. The summed E-state index contributed by atoms with van der Waals surface area (Å²) in [6, 6.07) is 5.67. The lowest BCUT2D eigenvalue weighted by atomic mass is 10.2. The van der Waals surface area contributed by atoms with Crippen LogP contribution >= 0.6 is 0 Å². The summed E-state index contributed by atoms with van der Waals surface area (Å²) in [7, 11) is 0. The van der Waals surface area contributed by atoms with E-state index in [0.717, 1.165) is 17.0 Å². The van der Waals surface area contributed by atoms with Gasteiger partial charge < -0.3 is 9.63 Å². The van der Waals surface area contributed by atoms with Gasteiger partial charge >= 0.3 is 0 Å². The zero-order chi connectivity index (χ0) is 10.5. The summed E-state index contributed by atoms with van der Waals surface area (Å²) in [4.78, 5) is 4.01. The molecule has 0 amide bonds. The van der Waals surface area contributed by atoms with Crippen LogP contribution in [0.5, 0.6) is 0 Å². The van der Waals surface area contributed by atoms with Gasteiger partial charge in [0.15, 0.2) is 0 Å². The normalized spacial score (nSPS) is 10.5. The maximum absolute atomic E-state index is 8.68. The van der Waals surface area contributed by atoms with E-state index in [0.29, 0.717) is 12.8 Å². The molecule has 0 atom stereocenters. The monoisotopic (exact) mass is 204 g/mol. The molecule has 0 bridgehead atoms. The number of aromatic nitrogens is 2. The third-order valence-electron chi connectivity index (χ3n) is 2.10. The first-order chi connectivity index (χ1) is 7.40. The highest BCUT2D eigenvalue weighted by atomic mass is 16.5. The summed E-state index contributed by atoms with van der Waals surface area (Å²) >= 11 is 0. The molecule has 4 heteroatoms. The number of hydrogen-bond acceptors (Lipinski definition) is 4. The van der Waals surface area contributed by atoms with Crippen LogP contribution in [-0.2, 0) is 6.42 Å². The lowest BCUT2D eigenvalue weighted by Crippen LogP contribution is -1.86. The van der Waals surface area contributed by atoms with Crippen molar-refractivity contribution < 1.29 is 9.63 Å². The molecule has 0 aliphatic carbocycles. The number of rotatable bonds is 4. The van der Waals surface area contributed by atoms with Gasteiger partial charge in [0.05, 0.1) is 0 Å². The summed E-state index contributed by atoms with van der Waals surface area (Å²) in [5.41, 5.74) is 1.73. The first-order valence-corrected chi connectivity index (χ1v) is 4.87. The fraction of sp³-hybridized carbons (Fsp3) is 0.273. The average Bonchev–Trinajstić information content (AvgIpc) is 2.76.